The second-order valence-corrected chi connectivity index (χ2v) is 5.19. The Morgan fingerprint density at radius 1 is 1.77 bits per heavy atom. The first kappa shape index (κ1) is 10.7. The Morgan fingerprint density at radius 2 is 2.46 bits per heavy atom. The zero-order valence-electron chi connectivity index (χ0n) is 7.08. The fourth-order valence-corrected chi connectivity index (χ4v) is 2.22. The average molecular weight is 264 g/mol. The van der Waals surface area contributed by atoms with Crippen LogP contribution in [-0.2, 0) is 11.3 Å². The number of thiophene rings is 1. The van der Waals surface area contributed by atoms with Crippen molar-refractivity contribution in [3.63, 3.8) is 0 Å². The molecule has 72 valence electrons. The summed E-state index contributed by atoms with van der Waals surface area (Å²) in [5.74, 6) is -0.823. The zero-order valence-corrected chi connectivity index (χ0v) is 9.48. The lowest BCUT2D eigenvalue weighted by Crippen LogP contribution is -2.32. The van der Waals surface area contributed by atoms with E-state index < -0.39 is 12.0 Å². The summed E-state index contributed by atoms with van der Waals surface area (Å²) in [4.78, 5) is 11.6. The van der Waals surface area contributed by atoms with E-state index in [0.717, 1.165) is 8.66 Å². The summed E-state index contributed by atoms with van der Waals surface area (Å²) in [6.45, 7) is 2.23. The van der Waals surface area contributed by atoms with Crippen LogP contribution in [0.4, 0.5) is 0 Å². The van der Waals surface area contributed by atoms with Crippen molar-refractivity contribution in [3.05, 3.63) is 20.8 Å². The summed E-state index contributed by atoms with van der Waals surface area (Å²) in [5, 5.41) is 11.5. The maximum Gasteiger partial charge on any atom is 0.320 e. The quantitative estimate of drug-likeness (QED) is 0.875. The molecule has 0 spiro atoms. The van der Waals surface area contributed by atoms with E-state index in [-0.39, 0.29) is 0 Å². The maximum absolute atomic E-state index is 10.5. The fourth-order valence-electron chi connectivity index (χ4n) is 0.788. The van der Waals surface area contributed by atoms with Crippen molar-refractivity contribution in [2.75, 3.05) is 0 Å². The standard InChI is InChI=1S/C8H10BrNO2S/c1-5(8(11)12)10-4-6-2-3-7(9)13-6/h2-3,5,10H,4H2,1H3,(H,11,12)/t5-/m1/s1. The van der Waals surface area contributed by atoms with Gasteiger partial charge >= 0.3 is 5.97 Å². The number of aliphatic carboxylic acids is 1. The molecule has 0 aliphatic rings. The lowest BCUT2D eigenvalue weighted by molar-refractivity contribution is -0.139. The zero-order chi connectivity index (χ0) is 9.84. The summed E-state index contributed by atoms with van der Waals surface area (Å²) >= 11 is 4.95. The van der Waals surface area contributed by atoms with E-state index in [1.54, 1.807) is 18.3 Å². The molecule has 0 aliphatic heterocycles. The first-order chi connectivity index (χ1) is 6.09. The monoisotopic (exact) mass is 263 g/mol. The van der Waals surface area contributed by atoms with Crippen LogP contribution in [0.25, 0.3) is 0 Å². The molecule has 0 aromatic carbocycles. The van der Waals surface area contributed by atoms with Crippen LogP contribution in [0.2, 0.25) is 0 Å². The Labute approximate surface area is 88.9 Å². The Kier molecular flexibility index (Phi) is 3.90. The topological polar surface area (TPSA) is 49.3 Å². The van der Waals surface area contributed by atoms with E-state index in [9.17, 15) is 4.79 Å². The van der Waals surface area contributed by atoms with Crippen molar-refractivity contribution in [1.82, 2.24) is 5.32 Å². The minimum Gasteiger partial charge on any atom is -0.480 e. The number of carboxylic acid groups (broad SMARTS) is 1. The summed E-state index contributed by atoms with van der Waals surface area (Å²) in [6, 6.07) is 3.42. The fraction of sp³-hybridized carbons (Fsp3) is 0.375. The van der Waals surface area contributed by atoms with Crippen LogP contribution < -0.4 is 5.32 Å². The summed E-state index contributed by atoms with van der Waals surface area (Å²) in [5.41, 5.74) is 0. The average Bonchev–Trinajstić information content (AvgIpc) is 2.47. The predicted octanol–water partition coefficient (Wildman–Crippen LogP) is 2.07. The first-order valence-corrected chi connectivity index (χ1v) is 5.41. The lowest BCUT2D eigenvalue weighted by atomic mass is 10.3. The number of rotatable bonds is 4. The van der Waals surface area contributed by atoms with Gasteiger partial charge in [-0.05, 0) is 35.0 Å². The van der Waals surface area contributed by atoms with E-state index in [2.05, 4.69) is 21.2 Å². The van der Waals surface area contributed by atoms with Crippen molar-refractivity contribution >= 4 is 33.2 Å². The predicted molar refractivity (Wildman–Crippen MR) is 56.0 cm³/mol. The smallest absolute Gasteiger partial charge is 0.320 e. The Morgan fingerprint density at radius 3 is 2.92 bits per heavy atom. The highest BCUT2D eigenvalue weighted by molar-refractivity contribution is 9.11. The SMILES string of the molecule is C[C@@H](NCc1ccc(Br)s1)C(=O)O. The number of hydrogen-bond donors (Lipinski definition) is 2. The molecule has 5 heteroatoms. The van der Waals surface area contributed by atoms with Crippen LogP contribution in [0, 0.1) is 0 Å². The maximum atomic E-state index is 10.5. The molecule has 0 amide bonds. The van der Waals surface area contributed by atoms with Crippen molar-refractivity contribution in [3.8, 4) is 0 Å². The van der Waals surface area contributed by atoms with E-state index in [1.165, 1.54) is 0 Å². The molecule has 2 N–H and O–H groups in total. The molecular weight excluding hydrogens is 254 g/mol. The molecule has 0 bridgehead atoms. The van der Waals surface area contributed by atoms with Crippen LogP contribution in [-0.4, -0.2) is 17.1 Å². The molecular formula is C8H10BrNO2S. The van der Waals surface area contributed by atoms with E-state index in [0.29, 0.717) is 6.54 Å². The third-order valence-electron chi connectivity index (χ3n) is 1.58. The number of carbonyl (C=O) groups is 1. The molecule has 1 rings (SSSR count). The molecule has 0 radical (unpaired) electrons. The normalized spacial score (nSPS) is 12.8. The van der Waals surface area contributed by atoms with Crippen LogP contribution in [0.1, 0.15) is 11.8 Å². The summed E-state index contributed by atoms with van der Waals surface area (Å²) in [7, 11) is 0. The Bertz CT molecular complexity index is 300. The van der Waals surface area contributed by atoms with Gasteiger partial charge in [-0.1, -0.05) is 0 Å². The van der Waals surface area contributed by atoms with Gasteiger partial charge in [-0.25, -0.2) is 0 Å². The molecule has 13 heavy (non-hydrogen) atoms. The van der Waals surface area contributed by atoms with Crippen LogP contribution >= 0.6 is 27.3 Å². The summed E-state index contributed by atoms with van der Waals surface area (Å²) in [6.07, 6.45) is 0. The van der Waals surface area contributed by atoms with Crippen molar-refractivity contribution < 1.29 is 9.90 Å². The lowest BCUT2D eigenvalue weighted by Gasteiger charge is -2.06. The largest absolute Gasteiger partial charge is 0.480 e. The van der Waals surface area contributed by atoms with Gasteiger partial charge in [-0.2, -0.15) is 0 Å². The second-order valence-electron chi connectivity index (χ2n) is 2.65. The molecule has 0 aliphatic carbocycles. The molecule has 1 atom stereocenters. The van der Waals surface area contributed by atoms with Crippen molar-refractivity contribution in [2.45, 2.75) is 19.5 Å². The minimum absolute atomic E-state index is 0.499. The van der Waals surface area contributed by atoms with E-state index >= 15 is 0 Å². The first-order valence-electron chi connectivity index (χ1n) is 3.80. The van der Waals surface area contributed by atoms with Gasteiger partial charge in [0, 0.05) is 11.4 Å². The van der Waals surface area contributed by atoms with Gasteiger partial charge in [0.1, 0.15) is 6.04 Å². The van der Waals surface area contributed by atoms with Crippen LogP contribution in [0.5, 0.6) is 0 Å². The van der Waals surface area contributed by atoms with Crippen LogP contribution in [0.15, 0.2) is 15.9 Å². The van der Waals surface area contributed by atoms with Gasteiger partial charge in [0.2, 0.25) is 0 Å². The second kappa shape index (κ2) is 4.74. The van der Waals surface area contributed by atoms with E-state index in [4.69, 9.17) is 5.11 Å². The number of hydrogen-bond acceptors (Lipinski definition) is 3. The van der Waals surface area contributed by atoms with Gasteiger partial charge in [-0.3, -0.25) is 10.1 Å². The highest BCUT2D eigenvalue weighted by atomic mass is 79.9. The molecule has 0 unspecified atom stereocenters. The minimum atomic E-state index is -0.823. The third kappa shape index (κ3) is 3.46. The van der Waals surface area contributed by atoms with Crippen molar-refractivity contribution in [1.29, 1.82) is 0 Å². The van der Waals surface area contributed by atoms with Gasteiger partial charge in [-0.15, -0.1) is 11.3 Å². The number of halogens is 1. The highest BCUT2D eigenvalue weighted by Gasteiger charge is 2.09. The molecule has 1 heterocycles. The Balaban J connectivity index is 2.39. The van der Waals surface area contributed by atoms with Gasteiger partial charge in [0.25, 0.3) is 0 Å². The third-order valence-corrected chi connectivity index (χ3v) is 3.21. The molecule has 0 saturated carbocycles. The number of nitrogens with one attached hydrogen (secondary N) is 1. The molecule has 1 aromatic rings. The Hall–Kier alpha value is -0.390. The van der Waals surface area contributed by atoms with Crippen molar-refractivity contribution in [2.24, 2.45) is 0 Å². The van der Waals surface area contributed by atoms with Gasteiger partial charge in [0.05, 0.1) is 3.79 Å². The van der Waals surface area contributed by atoms with Gasteiger partial charge < -0.3 is 5.11 Å². The molecule has 3 nitrogen and oxygen atoms in total. The van der Waals surface area contributed by atoms with Gasteiger partial charge in [0.15, 0.2) is 0 Å². The number of carboxylic acids is 1. The van der Waals surface area contributed by atoms with E-state index in [1.807, 2.05) is 12.1 Å². The summed E-state index contributed by atoms with van der Waals surface area (Å²) < 4.78 is 1.06. The molecule has 0 saturated heterocycles. The molecule has 0 fully saturated rings. The van der Waals surface area contributed by atoms with Crippen LogP contribution in [0.3, 0.4) is 0 Å². The molecule has 1 aromatic heterocycles. The highest BCUT2D eigenvalue weighted by Crippen LogP contribution is 2.21.